The molecule has 0 radical (unpaired) electrons. The van der Waals surface area contributed by atoms with Crippen LogP contribution in [0, 0.1) is 0 Å². The zero-order chi connectivity index (χ0) is 17.8. The highest BCUT2D eigenvalue weighted by Crippen LogP contribution is 2.31. The molecule has 126 valence electrons. The largest absolute Gasteiger partial charge is 0.424 e. The molecule has 0 amide bonds. The molecule has 0 spiro atoms. The summed E-state index contributed by atoms with van der Waals surface area (Å²) in [5, 5.41) is 0. The quantitative estimate of drug-likeness (QED) is 0.536. The number of benzene rings is 2. The monoisotopic (exact) mass is 340 g/mol. The number of oxazole rings is 1. The molecule has 26 heavy (non-hydrogen) atoms. The van der Waals surface area contributed by atoms with Crippen molar-refractivity contribution >= 4 is 12.3 Å². The molecule has 4 aromatic rings. The highest BCUT2D eigenvalue weighted by molar-refractivity contribution is 5.79. The van der Waals surface area contributed by atoms with Gasteiger partial charge in [0.15, 0.2) is 5.76 Å². The lowest BCUT2D eigenvalue weighted by atomic mass is 10.1. The van der Waals surface area contributed by atoms with Crippen molar-refractivity contribution < 1.29 is 4.42 Å². The van der Waals surface area contributed by atoms with E-state index in [2.05, 4.69) is 4.98 Å². The number of nitrogens with zero attached hydrogens (tertiary/aromatic N) is 2. The van der Waals surface area contributed by atoms with Crippen LogP contribution in [0.25, 0.3) is 34.9 Å². The Morgan fingerprint density at radius 3 is 2.19 bits per heavy atom. The van der Waals surface area contributed by atoms with Crippen LogP contribution in [0.2, 0.25) is 0 Å². The summed E-state index contributed by atoms with van der Waals surface area (Å²) in [5.41, 5.74) is 3.40. The maximum atomic E-state index is 12.6. The van der Waals surface area contributed by atoms with Gasteiger partial charge in [-0.25, -0.2) is 9.36 Å². The average Bonchev–Trinajstić information content (AvgIpc) is 3.05. The van der Waals surface area contributed by atoms with E-state index in [1.807, 2.05) is 78.9 Å². The van der Waals surface area contributed by atoms with E-state index in [1.165, 1.54) is 4.57 Å². The van der Waals surface area contributed by atoms with Gasteiger partial charge in [-0.2, -0.15) is 0 Å². The Hall–Kier alpha value is -3.66. The Bertz CT molecular complexity index is 1080. The second kappa shape index (κ2) is 7.07. The molecule has 4 heteroatoms. The van der Waals surface area contributed by atoms with Crippen molar-refractivity contribution in [3.63, 3.8) is 0 Å². The molecule has 2 heterocycles. The van der Waals surface area contributed by atoms with Crippen molar-refractivity contribution in [3.05, 3.63) is 101 Å². The predicted molar refractivity (Wildman–Crippen MR) is 103 cm³/mol. The first-order valence-corrected chi connectivity index (χ1v) is 8.27. The lowest BCUT2D eigenvalue weighted by Crippen LogP contribution is -2.09. The Balaban J connectivity index is 1.90. The molecule has 0 bridgehead atoms. The van der Waals surface area contributed by atoms with Crippen LogP contribution in [0.3, 0.4) is 0 Å². The van der Waals surface area contributed by atoms with Crippen LogP contribution in [0.1, 0.15) is 5.56 Å². The molecular formula is C22H16N2O2. The second-order valence-corrected chi connectivity index (χ2v) is 5.75. The first-order chi connectivity index (χ1) is 12.8. The van der Waals surface area contributed by atoms with Crippen molar-refractivity contribution in [2.45, 2.75) is 0 Å². The minimum atomic E-state index is -0.428. The molecule has 0 aliphatic carbocycles. The Kier molecular flexibility index (Phi) is 4.31. The summed E-state index contributed by atoms with van der Waals surface area (Å²) in [5.74, 6) is 0.125. The van der Waals surface area contributed by atoms with E-state index in [-0.39, 0.29) is 0 Å². The van der Waals surface area contributed by atoms with Crippen molar-refractivity contribution in [1.82, 2.24) is 9.55 Å². The molecule has 4 nitrogen and oxygen atoms in total. The third-order valence-electron chi connectivity index (χ3n) is 4.03. The van der Waals surface area contributed by atoms with Gasteiger partial charge in [-0.3, -0.25) is 4.98 Å². The van der Waals surface area contributed by atoms with Crippen molar-refractivity contribution in [2.75, 3.05) is 0 Å². The van der Waals surface area contributed by atoms with Crippen LogP contribution < -0.4 is 5.76 Å². The van der Waals surface area contributed by atoms with Crippen LogP contribution in [0.5, 0.6) is 0 Å². The van der Waals surface area contributed by atoms with Crippen LogP contribution in [-0.2, 0) is 0 Å². The van der Waals surface area contributed by atoms with Gasteiger partial charge in [0.2, 0.25) is 0 Å². The van der Waals surface area contributed by atoms with Gasteiger partial charge < -0.3 is 4.42 Å². The maximum Gasteiger partial charge on any atom is 0.424 e. The van der Waals surface area contributed by atoms with Gasteiger partial charge >= 0.3 is 5.76 Å². The molecule has 0 unspecified atom stereocenters. The van der Waals surface area contributed by atoms with Gasteiger partial charge in [-0.1, -0.05) is 66.7 Å². The molecule has 0 aliphatic heterocycles. The Labute approximate surface area is 150 Å². The standard InChI is InChI=1S/C22H16N2O2/c25-22-24(15-13-17-8-7-14-23-16-17)20(18-9-3-1-4-10-18)21(26-22)19-11-5-2-6-12-19/h1-16H/b15-13+. The first-order valence-electron chi connectivity index (χ1n) is 8.27. The molecule has 0 N–H and O–H groups in total. The van der Waals surface area contributed by atoms with Crippen molar-refractivity contribution in [1.29, 1.82) is 0 Å². The average molecular weight is 340 g/mol. The molecule has 0 fully saturated rings. The predicted octanol–water partition coefficient (Wildman–Crippen LogP) is 4.80. The normalized spacial score (nSPS) is 11.1. The third kappa shape index (κ3) is 3.13. The summed E-state index contributed by atoms with van der Waals surface area (Å²) in [6, 6.07) is 23.2. The molecular weight excluding hydrogens is 324 g/mol. The Morgan fingerprint density at radius 2 is 1.54 bits per heavy atom. The first kappa shape index (κ1) is 15.8. The molecule has 0 saturated carbocycles. The fourth-order valence-electron chi connectivity index (χ4n) is 2.81. The molecule has 2 aromatic carbocycles. The Morgan fingerprint density at radius 1 is 0.846 bits per heavy atom. The number of rotatable bonds is 4. The number of hydrogen-bond donors (Lipinski definition) is 0. The summed E-state index contributed by atoms with van der Waals surface area (Å²) >= 11 is 0. The molecule has 0 atom stereocenters. The van der Waals surface area contributed by atoms with Crippen LogP contribution in [0.4, 0.5) is 0 Å². The van der Waals surface area contributed by atoms with E-state index in [4.69, 9.17) is 4.42 Å². The van der Waals surface area contributed by atoms with Crippen molar-refractivity contribution in [2.24, 2.45) is 0 Å². The summed E-state index contributed by atoms with van der Waals surface area (Å²) in [6.45, 7) is 0. The third-order valence-corrected chi connectivity index (χ3v) is 4.03. The van der Waals surface area contributed by atoms with Gasteiger partial charge in [0, 0.05) is 29.7 Å². The lowest BCUT2D eigenvalue weighted by molar-refractivity contribution is 0.519. The summed E-state index contributed by atoms with van der Waals surface area (Å²) in [4.78, 5) is 16.6. The smallest absolute Gasteiger partial charge is 0.407 e. The fourth-order valence-corrected chi connectivity index (χ4v) is 2.81. The van der Waals surface area contributed by atoms with Gasteiger partial charge in [0.1, 0.15) is 5.69 Å². The van der Waals surface area contributed by atoms with E-state index in [0.717, 1.165) is 22.4 Å². The minimum absolute atomic E-state index is 0.428. The number of aromatic nitrogens is 2. The van der Waals surface area contributed by atoms with E-state index in [9.17, 15) is 4.79 Å². The van der Waals surface area contributed by atoms with Gasteiger partial charge in [0.05, 0.1) is 0 Å². The zero-order valence-electron chi connectivity index (χ0n) is 13.9. The number of hydrogen-bond acceptors (Lipinski definition) is 3. The van der Waals surface area contributed by atoms with Crippen LogP contribution >= 0.6 is 0 Å². The summed E-state index contributed by atoms with van der Waals surface area (Å²) < 4.78 is 7.15. The van der Waals surface area contributed by atoms with Crippen molar-refractivity contribution in [3.8, 4) is 22.6 Å². The molecule has 0 aliphatic rings. The van der Waals surface area contributed by atoms with Gasteiger partial charge in [0.25, 0.3) is 0 Å². The zero-order valence-corrected chi connectivity index (χ0v) is 13.9. The van der Waals surface area contributed by atoms with E-state index in [0.29, 0.717) is 5.76 Å². The van der Waals surface area contributed by atoms with Crippen LogP contribution in [-0.4, -0.2) is 9.55 Å². The van der Waals surface area contributed by atoms with Crippen LogP contribution in [0.15, 0.2) is 94.4 Å². The summed E-state index contributed by atoms with van der Waals surface area (Å²) in [7, 11) is 0. The topological polar surface area (TPSA) is 48.0 Å². The second-order valence-electron chi connectivity index (χ2n) is 5.75. The molecule has 4 rings (SSSR count). The van der Waals surface area contributed by atoms with Gasteiger partial charge in [-0.15, -0.1) is 0 Å². The molecule has 0 saturated heterocycles. The lowest BCUT2D eigenvalue weighted by Gasteiger charge is -2.05. The maximum absolute atomic E-state index is 12.6. The van der Waals surface area contributed by atoms with E-state index < -0.39 is 5.76 Å². The minimum Gasteiger partial charge on any atom is -0.407 e. The SMILES string of the molecule is O=c1oc(-c2ccccc2)c(-c2ccccc2)n1/C=C/c1cccnc1. The number of pyridine rings is 1. The van der Waals surface area contributed by atoms with Gasteiger partial charge in [-0.05, 0) is 17.7 Å². The highest BCUT2D eigenvalue weighted by Gasteiger charge is 2.18. The highest BCUT2D eigenvalue weighted by atomic mass is 16.4. The van der Waals surface area contributed by atoms with E-state index in [1.54, 1.807) is 18.6 Å². The van der Waals surface area contributed by atoms with E-state index >= 15 is 0 Å². The molecule has 2 aromatic heterocycles. The summed E-state index contributed by atoms with van der Waals surface area (Å²) in [6.07, 6.45) is 7.01. The fraction of sp³-hybridized carbons (Fsp3) is 0.